The summed E-state index contributed by atoms with van der Waals surface area (Å²) in [5.74, 6) is -11.6. The van der Waals surface area contributed by atoms with Crippen molar-refractivity contribution in [1.29, 1.82) is 0 Å². The Morgan fingerprint density at radius 3 is 0.564 bits per heavy atom. The zero-order chi connectivity index (χ0) is 59.3. The standard InChI is InChI=1S/C38H60O36P4/c1-11-13-31(47)69-33-35(71-75(49,61-15-53-23(3)39)62-16-54-24(4)40)37(73-77(51,65-19-57-27(7)43)66-20-58-28(8)44)34(70-32(48)14-12-2)38(74-78(52,67-21-59-29(9)45)68-22-60-30(10)46)36(33)72-76(50,63-17-55-25(5)41)64-18-56-26(6)42/h33-38H,11-22H2,1-10H3/t33?,34?,35-,36-,37-,38+/m1/s1. The third kappa shape index (κ3) is 29.4. The first-order valence-corrected chi connectivity index (χ1v) is 28.0. The topological polar surface area (TPSA) is 442 Å². The number of phosphoric acid groups is 4. The molecule has 0 aromatic carbocycles. The fourth-order valence-corrected chi connectivity index (χ4v) is 9.47. The molecule has 0 amide bonds. The lowest BCUT2D eigenvalue weighted by atomic mass is 9.84. The van der Waals surface area contributed by atoms with Crippen molar-refractivity contribution in [2.24, 2.45) is 0 Å². The predicted molar refractivity (Wildman–Crippen MR) is 241 cm³/mol. The molecule has 0 spiro atoms. The second-order valence-corrected chi connectivity index (χ2v) is 21.0. The van der Waals surface area contributed by atoms with Crippen LogP contribution in [-0.4, -0.2) is 151 Å². The van der Waals surface area contributed by atoms with Crippen molar-refractivity contribution in [2.45, 2.75) is 132 Å². The minimum atomic E-state index is -5.81. The van der Waals surface area contributed by atoms with E-state index in [2.05, 4.69) is 0 Å². The van der Waals surface area contributed by atoms with E-state index in [-0.39, 0.29) is 12.8 Å². The molecular weight excluding hydrogens is 1160 g/mol. The molecule has 1 aliphatic rings. The Balaban J connectivity index is 4.98. The fourth-order valence-electron chi connectivity index (χ4n) is 5.08. The molecule has 6 atom stereocenters. The van der Waals surface area contributed by atoms with Gasteiger partial charge in [0.1, 0.15) is 24.4 Å². The second kappa shape index (κ2) is 35.7. The van der Waals surface area contributed by atoms with Crippen molar-refractivity contribution >= 4 is 91.0 Å². The van der Waals surface area contributed by atoms with E-state index in [1.54, 1.807) is 0 Å². The van der Waals surface area contributed by atoms with Gasteiger partial charge in [-0.3, -0.25) is 66.0 Å². The van der Waals surface area contributed by atoms with Gasteiger partial charge in [0.15, 0.2) is 12.2 Å². The van der Waals surface area contributed by atoms with Crippen LogP contribution in [0.15, 0.2) is 0 Å². The normalized spacial score (nSPS) is 18.5. The Kier molecular flexibility index (Phi) is 32.6. The number of ether oxygens (including phenoxy) is 10. The van der Waals surface area contributed by atoms with E-state index in [0.29, 0.717) is 0 Å². The van der Waals surface area contributed by atoms with Gasteiger partial charge >= 0.3 is 91.0 Å². The van der Waals surface area contributed by atoms with Gasteiger partial charge in [-0.25, -0.2) is 54.5 Å². The van der Waals surface area contributed by atoms with E-state index < -0.39 is 195 Å². The highest BCUT2D eigenvalue weighted by Gasteiger charge is 2.64. The first-order chi connectivity index (χ1) is 36.4. The maximum Gasteiger partial charge on any atom is 0.481 e. The lowest BCUT2D eigenvalue weighted by molar-refractivity contribution is -0.236. The van der Waals surface area contributed by atoms with Gasteiger partial charge in [-0.2, -0.15) is 0 Å². The van der Waals surface area contributed by atoms with E-state index in [4.69, 9.17) is 102 Å². The van der Waals surface area contributed by atoms with Crippen LogP contribution >= 0.6 is 31.3 Å². The molecular formula is C38H60O36P4. The third-order valence-electron chi connectivity index (χ3n) is 8.17. The lowest BCUT2D eigenvalue weighted by Gasteiger charge is -2.49. The number of carbonyl (C=O) groups is 10. The van der Waals surface area contributed by atoms with Gasteiger partial charge in [0.25, 0.3) is 0 Å². The average molecular weight is 1220 g/mol. The van der Waals surface area contributed by atoms with Gasteiger partial charge in [-0.05, 0) is 12.8 Å². The highest BCUT2D eigenvalue weighted by Crippen LogP contribution is 2.61. The summed E-state index contributed by atoms with van der Waals surface area (Å²) in [5, 5.41) is 0. The van der Waals surface area contributed by atoms with Crippen LogP contribution in [-0.2, 0) is 168 Å². The average Bonchev–Trinajstić information content (AvgIpc) is 3.29. The minimum Gasteiger partial charge on any atom is -0.457 e. The van der Waals surface area contributed by atoms with E-state index in [0.717, 1.165) is 55.4 Å². The largest absolute Gasteiger partial charge is 0.481 e. The Hall–Kier alpha value is -4.86. The second-order valence-electron chi connectivity index (χ2n) is 14.5. The summed E-state index contributed by atoms with van der Waals surface area (Å²) in [7, 11) is -23.2. The molecule has 0 bridgehead atoms. The number of rotatable bonds is 38. The molecule has 1 rings (SSSR count). The van der Waals surface area contributed by atoms with Crippen LogP contribution in [0.25, 0.3) is 0 Å². The van der Waals surface area contributed by atoms with Gasteiger partial charge in [-0.15, -0.1) is 0 Å². The Labute approximate surface area is 444 Å². The van der Waals surface area contributed by atoms with Gasteiger partial charge in [0, 0.05) is 68.2 Å². The molecule has 0 N–H and O–H groups in total. The van der Waals surface area contributed by atoms with Crippen molar-refractivity contribution in [3.8, 4) is 0 Å². The molecule has 1 saturated carbocycles. The summed E-state index contributed by atoms with van der Waals surface area (Å²) in [6.45, 7) is -1.42. The van der Waals surface area contributed by atoms with Crippen molar-refractivity contribution in [1.82, 2.24) is 0 Å². The fraction of sp³-hybridized carbons (Fsp3) is 0.737. The zero-order valence-corrected chi connectivity index (χ0v) is 47.0. The van der Waals surface area contributed by atoms with E-state index in [1.165, 1.54) is 13.8 Å². The van der Waals surface area contributed by atoms with Gasteiger partial charge < -0.3 is 47.4 Å². The molecule has 0 aromatic rings. The number of hydrogen-bond donors (Lipinski definition) is 0. The third-order valence-corrected chi connectivity index (χ3v) is 13.6. The molecule has 40 heteroatoms. The maximum absolute atomic E-state index is 14.9. The van der Waals surface area contributed by atoms with Gasteiger partial charge in [-0.1, -0.05) is 13.8 Å². The van der Waals surface area contributed by atoms with Crippen molar-refractivity contribution < 1.29 is 168 Å². The van der Waals surface area contributed by atoms with Crippen LogP contribution in [0.2, 0.25) is 0 Å². The molecule has 0 saturated heterocycles. The lowest BCUT2D eigenvalue weighted by Crippen LogP contribution is -2.67. The van der Waals surface area contributed by atoms with Crippen molar-refractivity contribution in [2.75, 3.05) is 54.3 Å². The summed E-state index contributed by atoms with van der Waals surface area (Å²) >= 11 is 0. The summed E-state index contributed by atoms with van der Waals surface area (Å²) in [5.41, 5.74) is 0. The van der Waals surface area contributed by atoms with Crippen molar-refractivity contribution in [3.05, 3.63) is 0 Å². The van der Waals surface area contributed by atoms with Crippen LogP contribution < -0.4 is 0 Å². The molecule has 0 radical (unpaired) electrons. The molecule has 36 nitrogen and oxygen atoms in total. The number of esters is 10. The molecule has 0 heterocycles. The minimum absolute atomic E-state index is 0.0863. The highest BCUT2D eigenvalue weighted by atomic mass is 31.2. The van der Waals surface area contributed by atoms with E-state index in [1.807, 2.05) is 0 Å². The molecule has 0 aliphatic heterocycles. The van der Waals surface area contributed by atoms with Crippen LogP contribution in [0.1, 0.15) is 94.9 Å². The maximum atomic E-state index is 14.9. The SMILES string of the molecule is CCCC(=O)OC1[C@@H](OP(=O)(OCOC(C)=O)OCOC(C)=O)[C@H](OP(=O)(OCOC(C)=O)OCOC(C)=O)C(OC(=O)CCC)[C@H](OP(=O)(OCOC(C)=O)OCOC(C)=O)[C@@H]1OP(=O)(OCOC(C)=O)OCOC(C)=O. The summed E-state index contributed by atoms with van der Waals surface area (Å²) < 4.78 is 173. The molecule has 2 unspecified atom stereocenters. The van der Waals surface area contributed by atoms with Gasteiger partial charge in [0.2, 0.25) is 54.3 Å². The zero-order valence-electron chi connectivity index (χ0n) is 43.4. The molecule has 448 valence electrons. The molecule has 1 fully saturated rings. The monoisotopic (exact) mass is 1220 g/mol. The van der Waals surface area contributed by atoms with Crippen LogP contribution in [0.3, 0.4) is 0 Å². The number of phosphoric ester groups is 4. The Bertz CT molecular complexity index is 1860. The number of carbonyl (C=O) groups excluding carboxylic acids is 10. The van der Waals surface area contributed by atoms with E-state index >= 15 is 0 Å². The Morgan fingerprint density at radius 1 is 0.282 bits per heavy atom. The quantitative estimate of drug-likeness (QED) is 0.0368. The number of hydrogen-bond acceptors (Lipinski definition) is 36. The van der Waals surface area contributed by atoms with Crippen LogP contribution in [0, 0.1) is 0 Å². The van der Waals surface area contributed by atoms with E-state index in [9.17, 15) is 66.2 Å². The molecule has 0 aromatic heterocycles. The van der Waals surface area contributed by atoms with Crippen LogP contribution in [0.5, 0.6) is 0 Å². The molecule has 78 heavy (non-hydrogen) atoms. The summed E-state index contributed by atoms with van der Waals surface area (Å²) in [6, 6.07) is 0. The predicted octanol–water partition coefficient (Wildman–Crippen LogP) is 3.69. The summed E-state index contributed by atoms with van der Waals surface area (Å²) in [4.78, 5) is 123. The summed E-state index contributed by atoms with van der Waals surface area (Å²) in [6.07, 6.45) is -18.5. The highest BCUT2D eigenvalue weighted by molar-refractivity contribution is 7.49. The first-order valence-electron chi connectivity index (χ1n) is 22.2. The first kappa shape index (κ1) is 71.2. The van der Waals surface area contributed by atoms with Gasteiger partial charge in [0.05, 0.1) is 0 Å². The Morgan fingerprint density at radius 2 is 0.436 bits per heavy atom. The van der Waals surface area contributed by atoms with Crippen molar-refractivity contribution in [3.63, 3.8) is 0 Å². The van der Waals surface area contributed by atoms with Crippen LogP contribution in [0.4, 0.5) is 0 Å². The smallest absolute Gasteiger partial charge is 0.457 e. The molecule has 1 aliphatic carbocycles.